The number of amides is 1. The van der Waals surface area contributed by atoms with E-state index in [1.54, 1.807) is 31.1 Å². The number of nitrogens with zero attached hydrogens (tertiary/aromatic N) is 5. The molecule has 10 heteroatoms. The number of hydrogen-bond donors (Lipinski definition) is 3. The topological polar surface area (TPSA) is 138 Å². The quantitative estimate of drug-likeness (QED) is 0.285. The normalized spacial score (nSPS) is 11.9. The van der Waals surface area contributed by atoms with Crippen molar-refractivity contribution in [2.75, 3.05) is 5.32 Å². The first-order chi connectivity index (χ1) is 17.8. The summed E-state index contributed by atoms with van der Waals surface area (Å²) in [7, 11) is 0. The first kappa shape index (κ1) is 22.6. The molecule has 0 radical (unpaired) electrons. The van der Waals surface area contributed by atoms with Crippen molar-refractivity contribution in [3.8, 4) is 34.0 Å². The Morgan fingerprint density at radius 3 is 2.68 bits per heavy atom. The van der Waals surface area contributed by atoms with Crippen LogP contribution in [-0.4, -0.2) is 41.0 Å². The number of anilines is 1. The Kier molecular flexibility index (Phi) is 5.29. The summed E-state index contributed by atoms with van der Waals surface area (Å²) in [4.78, 5) is 34.2. The van der Waals surface area contributed by atoms with Crippen molar-refractivity contribution in [3.05, 3.63) is 61.4 Å². The molecule has 0 spiro atoms. The van der Waals surface area contributed by atoms with Gasteiger partial charge in [0.1, 0.15) is 16.7 Å². The summed E-state index contributed by atoms with van der Waals surface area (Å²) in [6.45, 7) is 6.08. The molecule has 0 atom stereocenters. The van der Waals surface area contributed by atoms with E-state index in [1.165, 1.54) is 0 Å². The summed E-state index contributed by atoms with van der Waals surface area (Å²) in [6, 6.07) is 9.39. The van der Waals surface area contributed by atoms with Gasteiger partial charge in [-0.05, 0) is 35.7 Å². The molecule has 10 nitrogen and oxygen atoms in total. The highest BCUT2D eigenvalue weighted by Crippen LogP contribution is 2.31. The number of nitrogens with one attached hydrogen (secondary N) is 3. The van der Waals surface area contributed by atoms with Gasteiger partial charge in [0.2, 0.25) is 5.91 Å². The SMILES string of the molecule is CC(C)(C)CC(=O)Nc1cncc(-c2ccc3[nH]nc(-c4nc5c(-c6ccoc6)nccc5[nH]4)c3n2)c1. The first-order valence-electron chi connectivity index (χ1n) is 11.8. The lowest BCUT2D eigenvalue weighted by Crippen LogP contribution is -2.19. The van der Waals surface area contributed by atoms with E-state index in [2.05, 4.69) is 30.5 Å². The number of rotatable bonds is 5. The second kappa shape index (κ2) is 8.66. The summed E-state index contributed by atoms with van der Waals surface area (Å²) in [5, 5.41) is 10.5. The summed E-state index contributed by atoms with van der Waals surface area (Å²) >= 11 is 0. The summed E-state index contributed by atoms with van der Waals surface area (Å²) in [6.07, 6.45) is 8.74. The first-order valence-corrected chi connectivity index (χ1v) is 11.8. The van der Waals surface area contributed by atoms with Crippen LogP contribution >= 0.6 is 0 Å². The van der Waals surface area contributed by atoms with Crippen LogP contribution in [0.15, 0.2) is 65.9 Å². The van der Waals surface area contributed by atoms with Crippen molar-refractivity contribution in [1.29, 1.82) is 0 Å². The molecule has 0 saturated heterocycles. The van der Waals surface area contributed by atoms with Gasteiger partial charge < -0.3 is 14.7 Å². The highest BCUT2D eigenvalue weighted by Gasteiger charge is 2.19. The molecule has 3 N–H and O–H groups in total. The third-order valence-corrected chi connectivity index (χ3v) is 5.84. The maximum Gasteiger partial charge on any atom is 0.224 e. The lowest BCUT2D eigenvalue weighted by atomic mass is 9.92. The number of furan rings is 1. The van der Waals surface area contributed by atoms with Crippen molar-refractivity contribution in [3.63, 3.8) is 0 Å². The minimum Gasteiger partial charge on any atom is -0.472 e. The van der Waals surface area contributed by atoms with Gasteiger partial charge in [-0.25, -0.2) is 9.97 Å². The van der Waals surface area contributed by atoms with Crippen LogP contribution in [0.25, 0.3) is 56.1 Å². The number of aromatic amines is 2. The van der Waals surface area contributed by atoms with Crippen molar-refractivity contribution in [2.24, 2.45) is 5.41 Å². The lowest BCUT2D eigenvalue weighted by Gasteiger charge is -2.17. The maximum atomic E-state index is 12.4. The smallest absolute Gasteiger partial charge is 0.224 e. The Balaban J connectivity index is 1.36. The van der Waals surface area contributed by atoms with Crippen molar-refractivity contribution >= 4 is 33.7 Å². The number of fused-ring (bicyclic) bond motifs is 2. The molecular formula is C27H24N8O2. The van der Waals surface area contributed by atoms with Crippen LogP contribution in [0.4, 0.5) is 5.69 Å². The molecule has 37 heavy (non-hydrogen) atoms. The molecule has 0 fully saturated rings. The van der Waals surface area contributed by atoms with Gasteiger partial charge in [-0.1, -0.05) is 20.8 Å². The number of hydrogen-bond acceptors (Lipinski definition) is 7. The molecule has 184 valence electrons. The summed E-state index contributed by atoms with van der Waals surface area (Å²) < 4.78 is 5.23. The van der Waals surface area contributed by atoms with Crippen LogP contribution in [0, 0.1) is 5.41 Å². The molecule has 6 aromatic rings. The predicted molar refractivity (Wildman–Crippen MR) is 140 cm³/mol. The number of carbonyl (C=O) groups is 1. The van der Waals surface area contributed by atoms with E-state index < -0.39 is 0 Å². The zero-order valence-corrected chi connectivity index (χ0v) is 20.5. The lowest BCUT2D eigenvalue weighted by molar-refractivity contribution is -0.117. The van der Waals surface area contributed by atoms with Crippen LogP contribution in [0.1, 0.15) is 27.2 Å². The average molecular weight is 493 g/mol. The van der Waals surface area contributed by atoms with Gasteiger partial charge >= 0.3 is 0 Å². The van der Waals surface area contributed by atoms with Crippen LogP contribution in [0.5, 0.6) is 0 Å². The molecule has 0 aliphatic carbocycles. The van der Waals surface area contributed by atoms with Gasteiger partial charge in [0.25, 0.3) is 0 Å². The van der Waals surface area contributed by atoms with Crippen LogP contribution in [-0.2, 0) is 4.79 Å². The van der Waals surface area contributed by atoms with Gasteiger partial charge in [-0.15, -0.1) is 0 Å². The molecule has 0 aliphatic rings. The number of imidazole rings is 1. The van der Waals surface area contributed by atoms with E-state index in [0.717, 1.165) is 27.9 Å². The number of aromatic nitrogens is 7. The van der Waals surface area contributed by atoms with E-state index in [4.69, 9.17) is 14.4 Å². The minimum absolute atomic E-state index is 0.0545. The third-order valence-electron chi connectivity index (χ3n) is 5.84. The molecule has 6 heterocycles. The van der Waals surface area contributed by atoms with Crippen LogP contribution in [0.2, 0.25) is 0 Å². The van der Waals surface area contributed by atoms with E-state index in [0.29, 0.717) is 40.4 Å². The van der Waals surface area contributed by atoms with Gasteiger partial charge in [-0.3, -0.25) is 19.9 Å². The Labute approximate surface area is 211 Å². The predicted octanol–water partition coefficient (Wildman–Crippen LogP) is 5.59. The number of carbonyl (C=O) groups excluding carboxylic acids is 1. The Morgan fingerprint density at radius 1 is 1.00 bits per heavy atom. The van der Waals surface area contributed by atoms with E-state index in [1.807, 2.05) is 51.1 Å². The number of pyridine rings is 3. The molecule has 0 unspecified atom stereocenters. The minimum atomic E-state index is -0.106. The fourth-order valence-electron chi connectivity index (χ4n) is 4.22. The Bertz CT molecular complexity index is 1740. The number of H-pyrrole nitrogens is 2. The fourth-order valence-corrected chi connectivity index (χ4v) is 4.22. The zero-order valence-electron chi connectivity index (χ0n) is 20.5. The molecule has 6 aromatic heterocycles. The third kappa shape index (κ3) is 4.44. The van der Waals surface area contributed by atoms with Crippen molar-refractivity contribution in [2.45, 2.75) is 27.2 Å². The van der Waals surface area contributed by atoms with E-state index in [9.17, 15) is 4.79 Å². The van der Waals surface area contributed by atoms with Crippen molar-refractivity contribution in [1.82, 2.24) is 35.1 Å². The highest BCUT2D eigenvalue weighted by atomic mass is 16.3. The fraction of sp³-hybridized carbons (Fsp3) is 0.185. The second-order valence-corrected chi connectivity index (χ2v) is 10.1. The summed E-state index contributed by atoms with van der Waals surface area (Å²) in [5.41, 5.74) is 7.14. The van der Waals surface area contributed by atoms with Gasteiger partial charge in [0, 0.05) is 29.9 Å². The molecule has 1 amide bonds. The largest absolute Gasteiger partial charge is 0.472 e. The molecule has 6 rings (SSSR count). The van der Waals surface area contributed by atoms with Crippen molar-refractivity contribution < 1.29 is 9.21 Å². The molecular weight excluding hydrogens is 468 g/mol. The standard InChI is InChI=1S/C27H24N8O2/c1-27(2,3)11-21(36)30-17-10-16(12-28-13-17)18-4-5-20-24(31-18)25(35-34-20)26-32-19-6-8-29-22(23(19)33-26)15-7-9-37-14-15/h4-10,12-14H,11H2,1-3H3,(H,30,36)(H,32,33)(H,34,35). The Morgan fingerprint density at radius 2 is 1.86 bits per heavy atom. The van der Waals surface area contributed by atoms with Gasteiger partial charge in [0.05, 0.1) is 41.1 Å². The summed E-state index contributed by atoms with van der Waals surface area (Å²) in [5.74, 6) is 0.520. The van der Waals surface area contributed by atoms with Gasteiger partial charge in [0.15, 0.2) is 11.5 Å². The molecule has 0 aromatic carbocycles. The van der Waals surface area contributed by atoms with Crippen LogP contribution < -0.4 is 5.32 Å². The second-order valence-electron chi connectivity index (χ2n) is 10.1. The van der Waals surface area contributed by atoms with E-state index >= 15 is 0 Å². The molecule has 0 saturated carbocycles. The maximum absolute atomic E-state index is 12.4. The molecule has 0 bridgehead atoms. The van der Waals surface area contributed by atoms with Crippen LogP contribution in [0.3, 0.4) is 0 Å². The zero-order chi connectivity index (χ0) is 25.6. The van der Waals surface area contributed by atoms with E-state index in [-0.39, 0.29) is 11.3 Å². The average Bonchev–Trinajstić information content (AvgIpc) is 3.61. The molecule has 0 aliphatic heterocycles. The highest BCUT2D eigenvalue weighted by molar-refractivity contribution is 5.95. The van der Waals surface area contributed by atoms with Gasteiger partial charge in [-0.2, -0.15) is 5.10 Å². The monoisotopic (exact) mass is 492 g/mol. The Hall–Kier alpha value is -4.86.